The number of rotatable bonds is 6. The quantitative estimate of drug-likeness (QED) is 0.408. The molecule has 0 fully saturated rings. The minimum Gasteiger partial charge on any atom is -0.497 e. The van der Waals surface area contributed by atoms with Crippen molar-refractivity contribution in [3.8, 4) is 5.75 Å². The van der Waals surface area contributed by atoms with Gasteiger partial charge in [0.25, 0.3) is 0 Å². The molecule has 0 radical (unpaired) electrons. The molecule has 2 nitrogen and oxygen atoms in total. The molecule has 3 aromatic rings. The normalized spacial score (nSPS) is 11.9. The molecule has 27 heavy (non-hydrogen) atoms. The smallest absolute Gasteiger partial charge is 0.170 e. The van der Waals surface area contributed by atoms with Gasteiger partial charge in [-0.25, -0.2) is 0 Å². The molecule has 3 aromatic carbocycles. The largest absolute Gasteiger partial charge is 0.497 e. The Morgan fingerprint density at radius 1 is 0.889 bits per heavy atom. The lowest BCUT2D eigenvalue weighted by molar-refractivity contribution is 0.0959. The second-order valence-electron chi connectivity index (χ2n) is 6.14. The van der Waals surface area contributed by atoms with Gasteiger partial charge < -0.3 is 4.74 Å². The van der Waals surface area contributed by atoms with Crippen molar-refractivity contribution in [2.45, 2.75) is 12.3 Å². The molecule has 0 spiro atoms. The van der Waals surface area contributed by atoms with Gasteiger partial charge in [0.2, 0.25) is 0 Å². The number of carbonyl (C=O) groups is 1. The number of ketones is 1. The van der Waals surface area contributed by atoms with Crippen LogP contribution in [-0.2, 0) is 6.42 Å². The van der Waals surface area contributed by atoms with Crippen molar-refractivity contribution >= 4 is 40.6 Å². The van der Waals surface area contributed by atoms with E-state index in [0.717, 1.165) is 11.1 Å². The van der Waals surface area contributed by atoms with Crippen molar-refractivity contribution in [3.05, 3.63) is 98.5 Å². The number of carbonyl (C=O) groups excluding carboxylic acids is 1. The molecule has 138 valence electrons. The molecule has 5 heteroatoms. The van der Waals surface area contributed by atoms with Crippen molar-refractivity contribution in [2.24, 2.45) is 0 Å². The zero-order valence-electron chi connectivity index (χ0n) is 14.6. The number of Topliss-reactive ketones (excluding diaryl/α,β-unsaturated/α-hetero) is 1. The third-order valence-electron chi connectivity index (χ3n) is 4.40. The lowest BCUT2D eigenvalue weighted by atomic mass is 9.85. The Bertz CT molecular complexity index is 935. The van der Waals surface area contributed by atoms with E-state index < -0.39 is 5.92 Å². The van der Waals surface area contributed by atoms with Crippen LogP contribution in [0.1, 0.15) is 27.4 Å². The van der Waals surface area contributed by atoms with Gasteiger partial charge in [0.15, 0.2) is 5.78 Å². The zero-order chi connectivity index (χ0) is 19.4. The minimum absolute atomic E-state index is 0.00555. The van der Waals surface area contributed by atoms with E-state index >= 15 is 0 Å². The van der Waals surface area contributed by atoms with E-state index in [9.17, 15) is 4.79 Å². The maximum absolute atomic E-state index is 13.3. The van der Waals surface area contributed by atoms with Gasteiger partial charge in [-0.2, -0.15) is 0 Å². The third kappa shape index (κ3) is 4.84. The summed E-state index contributed by atoms with van der Waals surface area (Å²) in [6, 6.07) is 19.7. The van der Waals surface area contributed by atoms with Crippen molar-refractivity contribution in [1.29, 1.82) is 0 Å². The van der Waals surface area contributed by atoms with Crippen LogP contribution in [0, 0.1) is 0 Å². The summed E-state index contributed by atoms with van der Waals surface area (Å²) in [6.45, 7) is 0. The lowest BCUT2D eigenvalue weighted by Crippen LogP contribution is -2.16. The monoisotopic (exact) mass is 418 g/mol. The van der Waals surface area contributed by atoms with Crippen LogP contribution in [0.4, 0.5) is 0 Å². The van der Waals surface area contributed by atoms with Crippen molar-refractivity contribution in [2.75, 3.05) is 7.11 Å². The van der Waals surface area contributed by atoms with Gasteiger partial charge in [0.05, 0.1) is 13.0 Å². The van der Waals surface area contributed by atoms with Crippen molar-refractivity contribution < 1.29 is 9.53 Å². The molecular weight excluding hydrogens is 403 g/mol. The summed E-state index contributed by atoms with van der Waals surface area (Å²) in [5, 5.41) is 1.73. The standard InChI is InChI=1S/C22H17Cl3O2/c1-27-19-10-5-15(6-11-19)22(26)20(14-2-7-17(23)8-3-14)12-16-4-9-18(24)13-21(16)25/h2-11,13,20H,12H2,1H3. The average molecular weight is 420 g/mol. The molecule has 0 saturated carbocycles. The highest BCUT2D eigenvalue weighted by Crippen LogP contribution is 2.31. The van der Waals surface area contributed by atoms with E-state index in [2.05, 4.69) is 0 Å². The van der Waals surface area contributed by atoms with Crippen LogP contribution in [0.15, 0.2) is 66.7 Å². The molecule has 0 aliphatic rings. The van der Waals surface area contributed by atoms with E-state index in [1.807, 2.05) is 18.2 Å². The molecule has 0 aromatic heterocycles. The van der Waals surface area contributed by atoms with Gasteiger partial charge in [0, 0.05) is 20.6 Å². The first kappa shape index (κ1) is 19.8. The van der Waals surface area contributed by atoms with Crippen LogP contribution in [0.3, 0.4) is 0 Å². The number of methoxy groups -OCH3 is 1. The molecule has 0 aliphatic carbocycles. The van der Waals surface area contributed by atoms with Crippen LogP contribution in [-0.4, -0.2) is 12.9 Å². The highest BCUT2D eigenvalue weighted by molar-refractivity contribution is 6.35. The predicted molar refractivity (Wildman–Crippen MR) is 112 cm³/mol. The number of hydrogen-bond acceptors (Lipinski definition) is 2. The van der Waals surface area contributed by atoms with E-state index in [1.165, 1.54) is 0 Å². The Labute approximate surface area is 173 Å². The summed E-state index contributed by atoms with van der Waals surface area (Å²) in [6.07, 6.45) is 0.461. The molecule has 0 saturated heterocycles. The highest BCUT2D eigenvalue weighted by atomic mass is 35.5. The second-order valence-corrected chi connectivity index (χ2v) is 7.42. The van der Waals surface area contributed by atoms with Gasteiger partial charge >= 0.3 is 0 Å². The van der Waals surface area contributed by atoms with Crippen LogP contribution >= 0.6 is 34.8 Å². The molecule has 3 rings (SSSR count). The predicted octanol–water partition coefficient (Wildman–Crippen LogP) is 6.86. The van der Waals surface area contributed by atoms with Gasteiger partial charge in [-0.3, -0.25) is 4.79 Å². The van der Waals surface area contributed by atoms with Crippen molar-refractivity contribution in [3.63, 3.8) is 0 Å². The fourth-order valence-electron chi connectivity index (χ4n) is 2.92. The van der Waals surface area contributed by atoms with Crippen LogP contribution in [0.2, 0.25) is 15.1 Å². The Morgan fingerprint density at radius 3 is 2.11 bits per heavy atom. The molecule has 0 aliphatic heterocycles. The maximum Gasteiger partial charge on any atom is 0.170 e. The third-order valence-corrected chi connectivity index (χ3v) is 5.24. The number of hydrogen-bond donors (Lipinski definition) is 0. The van der Waals surface area contributed by atoms with Gasteiger partial charge in [-0.1, -0.05) is 53.0 Å². The maximum atomic E-state index is 13.3. The lowest BCUT2D eigenvalue weighted by Gasteiger charge is -2.18. The fourth-order valence-corrected chi connectivity index (χ4v) is 3.53. The number of benzene rings is 3. The second kappa shape index (κ2) is 8.79. The Kier molecular flexibility index (Phi) is 6.43. The first-order valence-corrected chi connectivity index (χ1v) is 9.49. The van der Waals surface area contributed by atoms with E-state index in [4.69, 9.17) is 39.5 Å². The van der Waals surface area contributed by atoms with E-state index in [1.54, 1.807) is 55.6 Å². The van der Waals surface area contributed by atoms with Crippen molar-refractivity contribution in [1.82, 2.24) is 0 Å². The Morgan fingerprint density at radius 2 is 1.52 bits per heavy atom. The first-order chi connectivity index (χ1) is 13.0. The molecule has 1 unspecified atom stereocenters. The molecule has 0 amide bonds. The van der Waals surface area contributed by atoms with Gasteiger partial charge in [0.1, 0.15) is 5.75 Å². The molecule has 0 heterocycles. The molecule has 0 N–H and O–H groups in total. The summed E-state index contributed by atoms with van der Waals surface area (Å²) < 4.78 is 5.17. The molecule has 1 atom stereocenters. The summed E-state index contributed by atoms with van der Waals surface area (Å²) >= 11 is 18.4. The SMILES string of the molecule is COc1ccc(C(=O)C(Cc2ccc(Cl)cc2Cl)c2ccc(Cl)cc2)cc1. The highest BCUT2D eigenvalue weighted by Gasteiger charge is 2.23. The average Bonchev–Trinajstić information content (AvgIpc) is 2.68. The summed E-state index contributed by atoms with van der Waals surface area (Å²) in [5.74, 6) is 0.315. The Hall–Kier alpha value is -2.00. The van der Waals surface area contributed by atoms with Gasteiger partial charge in [-0.05, 0) is 66.1 Å². The van der Waals surface area contributed by atoms with E-state index in [0.29, 0.717) is 32.8 Å². The van der Waals surface area contributed by atoms with Crippen LogP contribution < -0.4 is 4.74 Å². The van der Waals surface area contributed by atoms with Crippen LogP contribution in [0.25, 0.3) is 0 Å². The van der Waals surface area contributed by atoms with Crippen LogP contribution in [0.5, 0.6) is 5.75 Å². The summed E-state index contributed by atoms with van der Waals surface area (Å²) in [4.78, 5) is 13.3. The van der Waals surface area contributed by atoms with E-state index in [-0.39, 0.29) is 5.78 Å². The topological polar surface area (TPSA) is 26.3 Å². The zero-order valence-corrected chi connectivity index (χ0v) is 16.9. The summed E-state index contributed by atoms with van der Waals surface area (Å²) in [5.41, 5.74) is 2.36. The Balaban J connectivity index is 1.98. The number of ether oxygens (including phenoxy) is 1. The number of halogens is 3. The fraction of sp³-hybridized carbons (Fsp3) is 0.136. The summed E-state index contributed by atoms with van der Waals surface area (Å²) in [7, 11) is 1.59. The molecular formula is C22H17Cl3O2. The molecule has 0 bridgehead atoms. The first-order valence-electron chi connectivity index (χ1n) is 8.35. The van der Waals surface area contributed by atoms with Gasteiger partial charge in [-0.15, -0.1) is 0 Å². The minimum atomic E-state index is -0.394.